The van der Waals surface area contributed by atoms with Gasteiger partial charge in [0.15, 0.2) is 0 Å². The van der Waals surface area contributed by atoms with Gasteiger partial charge in [0.25, 0.3) is 0 Å². The van der Waals surface area contributed by atoms with E-state index in [2.05, 4.69) is 0 Å². The fraction of sp³-hybridized carbons (Fsp3) is 0.269. The van der Waals surface area contributed by atoms with Gasteiger partial charge in [-0.2, -0.15) is 5.06 Å². The molecule has 1 atom stereocenters. The Hall–Kier alpha value is -2.99. The molecule has 0 aliphatic carbocycles. The summed E-state index contributed by atoms with van der Waals surface area (Å²) in [6, 6.07) is 28.9. The topological polar surface area (TPSA) is 75.8 Å². The first kappa shape index (κ1) is 22.7. The van der Waals surface area contributed by atoms with Gasteiger partial charge in [0, 0.05) is 0 Å². The Bertz CT molecular complexity index is 836. The SMILES string of the molecule is CON([C@@H](CCCCN)C(=O)O)C(c1ccccc1)(c1ccccc1)c1ccccc1. The molecule has 0 saturated heterocycles. The lowest BCUT2D eigenvalue weighted by Crippen LogP contribution is -2.55. The van der Waals surface area contributed by atoms with Crippen LogP contribution in [0.5, 0.6) is 0 Å². The molecule has 0 fully saturated rings. The number of hydrogen-bond acceptors (Lipinski definition) is 4. The molecular weight excluding hydrogens is 388 g/mol. The molecule has 0 aliphatic rings. The predicted molar refractivity (Wildman–Crippen MR) is 122 cm³/mol. The Kier molecular flexibility index (Phi) is 7.95. The zero-order valence-electron chi connectivity index (χ0n) is 17.9. The largest absolute Gasteiger partial charge is 0.480 e. The van der Waals surface area contributed by atoms with Crippen LogP contribution in [0.4, 0.5) is 0 Å². The third kappa shape index (κ3) is 4.69. The van der Waals surface area contributed by atoms with Gasteiger partial charge < -0.3 is 10.8 Å². The highest BCUT2D eigenvalue weighted by Gasteiger charge is 2.47. The van der Waals surface area contributed by atoms with E-state index < -0.39 is 17.6 Å². The highest BCUT2D eigenvalue weighted by atomic mass is 16.7. The Balaban J connectivity index is 2.31. The van der Waals surface area contributed by atoms with Gasteiger partial charge in [0.1, 0.15) is 11.6 Å². The summed E-state index contributed by atoms with van der Waals surface area (Å²) in [4.78, 5) is 18.4. The molecule has 3 N–H and O–H groups in total. The van der Waals surface area contributed by atoms with E-state index in [9.17, 15) is 9.90 Å². The second-order valence-electron chi connectivity index (χ2n) is 7.46. The summed E-state index contributed by atoms with van der Waals surface area (Å²) in [7, 11) is 1.54. The normalized spacial score (nSPS) is 12.6. The van der Waals surface area contributed by atoms with E-state index in [0.29, 0.717) is 19.4 Å². The zero-order valence-corrected chi connectivity index (χ0v) is 17.9. The molecule has 3 rings (SSSR count). The van der Waals surface area contributed by atoms with Crippen LogP contribution >= 0.6 is 0 Å². The average molecular weight is 419 g/mol. The fourth-order valence-electron chi connectivity index (χ4n) is 4.24. The Morgan fingerprint density at radius 3 is 1.61 bits per heavy atom. The van der Waals surface area contributed by atoms with Crippen LogP contribution in [0.25, 0.3) is 0 Å². The number of nitrogens with two attached hydrogens (primary N) is 1. The summed E-state index contributed by atoms with van der Waals surface area (Å²) in [6.07, 6.45) is 1.88. The van der Waals surface area contributed by atoms with Crippen molar-refractivity contribution < 1.29 is 14.7 Å². The fourth-order valence-corrected chi connectivity index (χ4v) is 4.24. The zero-order chi connectivity index (χ0) is 22.1. The van der Waals surface area contributed by atoms with Crippen LogP contribution in [-0.2, 0) is 15.2 Å². The lowest BCUT2D eigenvalue weighted by Gasteiger charge is -2.46. The number of rotatable bonds is 11. The molecule has 0 aromatic heterocycles. The molecule has 31 heavy (non-hydrogen) atoms. The van der Waals surface area contributed by atoms with Gasteiger partial charge in [0.05, 0.1) is 7.11 Å². The molecule has 0 aliphatic heterocycles. The lowest BCUT2D eigenvalue weighted by molar-refractivity contribution is -0.218. The minimum atomic E-state index is -0.954. The number of aliphatic carboxylic acids is 1. The van der Waals surface area contributed by atoms with E-state index in [0.717, 1.165) is 23.1 Å². The molecule has 0 heterocycles. The first-order chi connectivity index (χ1) is 15.2. The second-order valence-corrected chi connectivity index (χ2v) is 7.46. The summed E-state index contributed by atoms with van der Waals surface area (Å²) in [5.41, 5.74) is 7.50. The van der Waals surface area contributed by atoms with Crippen molar-refractivity contribution in [3.63, 3.8) is 0 Å². The number of hydroxylamine groups is 2. The highest BCUT2D eigenvalue weighted by molar-refractivity contribution is 5.74. The lowest BCUT2D eigenvalue weighted by atomic mass is 9.75. The van der Waals surface area contributed by atoms with Crippen LogP contribution < -0.4 is 5.73 Å². The van der Waals surface area contributed by atoms with Gasteiger partial charge in [-0.1, -0.05) is 91.0 Å². The number of hydrogen-bond donors (Lipinski definition) is 2. The molecule has 0 spiro atoms. The van der Waals surface area contributed by atoms with Crippen molar-refractivity contribution in [2.24, 2.45) is 5.73 Å². The summed E-state index contributed by atoms with van der Waals surface area (Å²) in [6.45, 7) is 0.528. The first-order valence-corrected chi connectivity index (χ1v) is 10.6. The summed E-state index contributed by atoms with van der Waals surface area (Å²) in [5, 5.41) is 11.9. The van der Waals surface area contributed by atoms with Crippen LogP contribution in [0.2, 0.25) is 0 Å². The number of carbonyl (C=O) groups is 1. The standard InChI is InChI=1S/C26H30N2O3/c1-31-28(24(25(29)30)19-11-12-20-27)26(21-13-5-2-6-14-21,22-15-7-3-8-16-22)23-17-9-4-10-18-23/h2-10,13-18,24H,11-12,19-20,27H2,1H3,(H,29,30)/t24-/m0/s1. The number of benzene rings is 3. The average Bonchev–Trinajstić information content (AvgIpc) is 2.82. The van der Waals surface area contributed by atoms with Gasteiger partial charge in [-0.3, -0.25) is 9.63 Å². The molecule has 3 aromatic rings. The molecular formula is C26H30N2O3. The maximum absolute atomic E-state index is 12.5. The number of carboxylic acids is 1. The van der Waals surface area contributed by atoms with E-state index >= 15 is 0 Å². The summed E-state index contributed by atoms with van der Waals surface area (Å²) >= 11 is 0. The quantitative estimate of drug-likeness (QED) is 0.274. The van der Waals surface area contributed by atoms with Crippen molar-refractivity contribution in [2.75, 3.05) is 13.7 Å². The number of nitrogens with zero attached hydrogens (tertiary/aromatic N) is 1. The Labute approximate surface area is 184 Å². The van der Waals surface area contributed by atoms with Gasteiger partial charge in [-0.05, 0) is 42.5 Å². The molecule has 5 nitrogen and oxygen atoms in total. The van der Waals surface area contributed by atoms with Crippen LogP contribution in [0.3, 0.4) is 0 Å². The first-order valence-electron chi connectivity index (χ1n) is 10.6. The molecule has 5 heteroatoms. The van der Waals surface area contributed by atoms with Crippen molar-refractivity contribution in [1.82, 2.24) is 5.06 Å². The van der Waals surface area contributed by atoms with E-state index in [1.165, 1.54) is 0 Å². The minimum Gasteiger partial charge on any atom is -0.480 e. The molecule has 3 aromatic carbocycles. The van der Waals surface area contributed by atoms with E-state index in [1.807, 2.05) is 91.0 Å². The van der Waals surface area contributed by atoms with Crippen LogP contribution in [0.15, 0.2) is 91.0 Å². The molecule has 0 amide bonds. The molecule has 0 radical (unpaired) electrons. The second kappa shape index (κ2) is 10.9. The smallest absolute Gasteiger partial charge is 0.323 e. The van der Waals surface area contributed by atoms with E-state index in [-0.39, 0.29) is 0 Å². The predicted octanol–water partition coefficient (Wildman–Crippen LogP) is 4.42. The van der Waals surface area contributed by atoms with E-state index in [1.54, 1.807) is 12.2 Å². The summed E-state index contributed by atoms with van der Waals surface area (Å²) < 4.78 is 0. The van der Waals surface area contributed by atoms with Crippen molar-refractivity contribution in [3.8, 4) is 0 Å². The van der Waals surface area contributed by atoms with Crippen LogP contribution in [-0.4, -0.2) is 35.8 Å². The van der Waals surface area contributed by atoms with Crippen LogP contribution in [0, 0.1) is 0 Å². The Morgan fingerprint density at radius 1 is 0.871 bits per heavy atom. The molecule has 0 unspecified atom stereocenters. The maximum atomic E-state index is 12.5. The third-order valence-electron chi connectivity index (χ3n) is 5.60. The van der Waals surface area contributed by atoms with Crippen LogP contribution in [0.1, 0.15) is 36.0 Å². The number of carboxylic acid groups (broad SMARTS) is 1. The van der Waals surface area contributed by atoms with Crippen molar-refractivity contribution >= 4 is 5.97 Å². The molecule has 0 saturated carbocycles. The van der Waals surface area contributed by atoms with Gasteiger partial charge in [-0.25, -0.2) is 0 Å². The van der Waals surface area contributed by atoms with Crippen molar-refractivity contribution in [2.45, 2.75) is 30.8 Å². The number of unbranched alkanes of at least 4 members (excludes halogenated alkanes) is 1. The monoisotopic (exact) mass is 418 g/mol. The molecule has 0 bridgehead atoms. The molecule has 162 valence electrons. The maximum Gasteiger partial charge on any atom is 0.323 e. The van der Waals surface area contributed by atoms with Crippen molar-refractivity contribution in [3.05, 3.63) is 108 Å². The van der Waals surface area contributed by atoms with Crippen molar-refractivity contribution in [1.29, 1.82) is 0 Å². The van der Waals surface area contributed by atoms with E-state index in [4.69, 9.17) is 10.6 Å². The minimum absolute atomic E-state index is 0.425. The van der Waals surface area contributed by atoms with Gasteiger partial charge >= 0.3 is 5.97 Å². The highest BCUT2D eigenvalue weighted by Crippen LogP contribution is 2.44. The van der Waals surface area contributed by atoms with Gasteiger partial charge in [0.2, 0.25) is 0 Å². The third-order valence-corrected chi connectivity index (χ3v) is 5.60. The Morgan fingerprint density at radius 2 is 1.29 bits per heavy atom. The summed E-state index contributed by atoms with van der Waals surface area (Å²) in [5.74, 6) is -0.925. The van der Waals surface area contributed by atoms with Gasteiger partial charge in [-0.15, -0.1) is 0 Å².